The van der Waals surface area contributed by atoms with E-state index in [1.54, 1.807) is 42.5 Å². The SMILES string of the molecule is CCOc1ccc(Oc2cc(NC(=O)c3cc(=O)c4cc(C)ccc4o3)cc(Oc3cccc(C)c3)c2)cc1. The molecule has 0 aliphatic carbocycles. The Morgan fingerprint density at radius 1 is 0.744 bits per heavy atom. The van der Waals surface area contributed by atoms with Gasteiger partial charge in [0, 0.05) is 30.0 Å². The minimum absolute atomic E-state index is 0.102. The lowest BCUT2D eigenvalue weighted by Gasteiger charge is -2.13. The van der Waals surface area contributed by atoms with Gasteiger partial charge >= 0.3 is 0 Å². The van der Waals surface area contributed by atoms with Gasteiger partial charge in [0.05, 0.1) is 12.0 Å². The Labute approximate surface area is 225 Å². The van der Waals surface area contributed by atoms with E-state index >= 15 is 0 Å². The van der Waals surface area contributed by atoms with Gasteiger partial charge in [0.15, 0.2) is 11.2 Å². The summed E-state index contributed by atoms with van der Waals surface area (Å²) in [6, 6.07) is 26.4. The van der Waals surface area contributed by atoms with Crippen molar-refractivity contribution in [3.8, 4) is 28.7 Å². The molecule has 0 saturated carbocycles. The second kappa shape index (κ2) is 11.1. The monoisotopic (exact) mass is 521 g/mol. The summed E-state index contributed by atoms with van der Waals surface area (Å²) in [5.41, 5.74) is 2.43. The summed E-state index contributed by atoms with van der Waals surface area (Å²) in [6.45, 7) is 6.35. The van der Waals surface area contributed by atoms with Gasteiger partial charge in [0.1, 0.15) is 34.3 Å². The van der Waals surface area contributed by atoms with Crippen molar-refractivity contribution in [3.63, 3.8) is 0 Å². The van der Waals surface area contributed by atoms with Gasteiger partial charge in [-0.25, -0.2) is 0 Å². The van der Waals surface area contributed by atoms with E-state index in [-0.39, 0.29) is 11.2 Å². The zero-order chi connectivity index (χ0) is 27.4. The van der Waals surface area contributed by atoms with Crippen molar-refractivity contribution in [1.29, 1.82) is 0 Å². The highest BCUT2D eigenvalue weighted by Gasteiger charge is 2.15. The number of amides is 1. The van der Waals surface area contributed by atoms with Gasteiger partial charge in [-0.1, -0.05) is 23.8 Å². The topological polar surface area (TPSA) is 87.0 Å². The first-order valence-corrected chi connectivity index (χ1v) is 12.5. The molecule has 1 aromatic heterocycles. The maximum absolute atomic E-state index is 13.1. The molecule has 0 atom stereocenters. The number of ether oxygens (including phenoxy) is 3. The largest absolute Gasteiger partial charge is 0.494 e. The van der Waals surface area contributed by atoms with Crippen LogP contribution in [0.5, 0.6) is 28.7 Å². The average molecular weight is 522 g/mol. The minimum Gasteiger partial charge on any atom is -0.494 e. The molecular weight excluding hydrogens is 494 g/mol. The molecule has 5 aromatic rings. The Balaban J connectivity index is 1.45. The van der Waals surface area contributed by atoms with Crippen LogP contribution in [0.15, 0.2) is 100 Å². The van der Waals surface area contributed by atoms with Crippen LogP contribution in [0.1, 0.15) is 28.6 Å². The van der Waals surface area contributed by atoms with Crippen LogP contribution < -0.4 is 25.0 Å². The molecule has 1 N–H and O–H groups in total. The first kappa shape index (κ1) is 25.6. The standard InChI is InChI=1S/C32H27NO6/c1-4-36-23-9-11-24(12-10-23)37-26-16-22(17-27(18-26)38-25-7-5-6-20(2)14-25)33-32(35)31-19-29(34)28-15-21(3)8-13-30(28)39-31/h5-19H,4H2,1-3H3,(H,33,35). The predicted octanol–water partition coefficient (Wildman–Crippen LogP) is 7.65. The van der Waals surface area contributed by atoms with Crippen LogP contribution in [-0.2, 0) is 0 Å². The molecule has 0 bridgehead atoms. The quantitative estimate of drug-likeness (QED) is 0.226. The number of carbonyl (C=O) groups excluding carboxylic acids is 1. The van der Waals surface area contributed by atoms with E-state index in [0.29, 0.717) is 46.3 Å². The second-order valence-electron chi connectivity index (χ2n) is 9.05. The predicted molar refractivity (Wildman–Crippen MR) is 151 cm³/mol. The fraction of sp³-hybridized carbons (Fsp3) is 0.125. The highest BCUT2D eigenvalue weighted by Crippen LogP contribution is 2.33. The van der Waals surface area contributed by atoms with Gasteiger partial charge in [-0.05, 0) is 74.9 Å². The molecule has 5 rings (SSSR count). The summed E-state index contributed by atoms with van der Waals surface area (Å²) in [5.74, 6) is 2.18. The zero-order valence-electron chi connectivity index (χ0n) is 21.8. The summed E-state index contributed by atoms with van der Waals surface area (Å²) in [6.07, 6.45) is 0. The van der Waals surface area contributed by atoms with Crippen molar-refractivity contribution in [3.05, 3.63) is 118 Å². The summed E-state index contributed by atoms with van der Waals surface area (Å²) in [5, 5.41) is 3.22. The lowest BCUT2D eigenvalue weighted by molar-refractivity contribution is 0.0997. The molecule has 0 radical (unpaired) electrons. The second-order valence-corrected chi connectivity index (χ2v) is 9.05. The molecule has 4 aromatic carbocycles. The molecule has 1 amide bonds. The van der Waals surface area contributed by atoms with Crippen LogP contribution in [-0.4, -0.2) is 12.5 Å². The van der Waals surface area contributed by atoms with Crippen LogP contribution in [0.3, 0.4) is 0 Å². The van der Waals surface area contributed by atoms with E-state index in [9.17, 15) is 9.59 Å². The molecule has 0 unspecified atom stereocenters. The summed E-state index contributed by atoms with van der Waals surface area (Å²) >= 11 is 0. The van der Waals surface area contributed by atoms with Crippen LogP contribution in [0, 0.1) is 13.8 Å². The third-order valence-corrected chi connectivity index (χ3v) is 5.84. The summed E-state index contributed by atoms with van der Waals surface area (Å²) < 4.78 is 23.4. The van der Waals surface area contributed by atoms with E-state index in [4.69, 9.17) is 18.6 Å². The molecule has 39 heavy (non-hydrogen) atoms. The van der Waals surface area contributed by atoms with Crippen molar-refractivity contribution in [1.82, 2.24) is 0 Å². The lowest BCUT2D eigenvalue weighted by Crippen LogP contribution is -2.15. The Bertz CT molecular complexity index is 1710. The van der Waals surface area contributed by atoms with Crippen LogP contribution in [0.2, 0.25) is 0 Å². The van der Waals surface area contributed by atoms with Crippen molar-refractivity contribution in [2.24, 2.45) is 0 Å². The molecule has 0 spiro atoms. The highest BCUT2D eigenvalue weighted by atomic mass is 16.5. The number of hydrogen-bond donors (Lipinski definition) is 1. The first-order chi connectivity index (χ1) is 18.9. The van der Waals surface area contributed by atoms with Gasteiger partial charge in [-0.15, -0.1) is 0 Å². The van der Waals surface area contributed by atoms with E-state index in [1.165, 1.54) is 6.07 Å². The molecule has 0 aliphatic rings. The number of aryl methyl sites for hydroxylation is 2. The molecule has 196 valence electrons. The van der Waals surface area contributed by atoms with E-state index in [2.05, 4.69) is 5.32 Å². The van der Waals surface area contributed by atoms with Gasteiger partial charge < -0.3 is 23.9 Å². The fourth-order valence-electron chi connectivity index (χ4n) is 4.06. The van der Waals surface area contributed by atoms with Gasteiger partial charge in [-0.3, -0.25) is 9.59 Å². The van der Waals surface area contributed by atoms with Crippen molar-refractivity contribution >= 4 is 22.6 Å². The minimum atomic E-state index is -0.575. The fourth-order valence-corrected chi connectivity index (χ4v) is 4.06. The summed E-state index contributed by atoms with van der Waals surface area (Å²) in [7, 11) is 0. The molecule has 7 nitrogen and oxygen atoms in total. The maximum atomic E-state index is 13.1. The van der Waals surface area contributed by atoms with E-state index < -0.39 is 5.91 Å². The molecule has 0 aliphatic heterocycles. The Morgan fingerprint density at radius 2 is 1.44 bits per heavy atom. The van der Waals surface area contributed by atoms with E-state index in [0.717, 1.165) is 16.9 Å². The smallest absolute Gasteiger partial charge is 0.291 e. The number of benzene rings is 4. The number of anilines is 1. The summed E-state index contributed by atoms with van der Waals surface area (Å²) in [4.78, 5) is 25.7. The highest BCUT2D eigenvalue weighted by molar-refractivity contribution is 6.03. The first-order valence-electron chi connectivity index (χ1n) is 12.5. The van der Waals surface area contributed by atoms with Crippen LogP contribution in [0.4, 0.5) is 5.69 Å². The number of fused-ring (bicyclic) bond motifs is 1. The normalized spacial score (nSPS) is 10.7. The lowest BCUT2D eigenvalue weighted by atomic mass is 10.1. The van der Waals surface area contributed by atoms with Gasteiger partial charge in [-0.2, -0.15) is 0 Å². The molecule has 1 heterocycles. The number of carbonyl (C=O) groups is 1. The molecule has 7 heteroatoms. The van der Waals surface area contributed by atoms with Crippen molar-refractivity contribution < 1.29 is 23.4 Å². The molecule has 0 saturated heterocycles. The van der Waals surface area contributed by atoms with E-state index in [1.807, 2.05) is 63.2 Å². The van der Waals surface area contributed by atoms with Crippen LogP contribution in [0.25, 0.3) is 11.0 Å². The third kappa shape index (κ3) is 6.27. The van der Waals surface area contributed by atoms with Gasteiger partial charge in [0.2, 0.25) is 0 Å². The van der Waals surface area contributed by atoms with Crippen LogP contribution >= 0.6 is 0 Å². The zero-order valence-corrected chi connectivity index (χ0v) is 21.8. The Kier molecular flexibility index (Phi) is 7.32. The molecular formula is C32H27NO6. The Morgan fingerprint density at radius 3 is 2.15 bits per heavy atom. The van der Waals surface area contributed by atoms with Gasteiger partial charge in [0.25, 0.3) is 5.91 Å². The van der Waals surface area contributed by atoms with Crippen molar-refractivity contribution in [2.75, 3.05) is 11.9 Å². The van der Waals surface area contributed by atoms with Crippen molar-refractivity contribution in [2.45, 2.75) is 20.8 Å². The number of rotatable bonds is 8. The number of nitrogens with one attached hydrogen (secondary N) is 1. The number of hydrogen-bond acceptors (Lipinski definition) is 6. The maximum Gasteiger partial charge on any atom is 0.291 e. The average Bonchev–Trinajstić information content (AvgIpc) is 2.90. The third-order valence-electron chi connectivity index (χ3n) is 5.84. The molecule has 0 fully saturated rings. The Hall–Kier alpha value is -5.04.